The Kier molecular flexibility index (Phi) is 11.8. The molecule has 0 amide bonds. The van der Waals surface area contributed by atoms with Gasteiger partial charge in [0, 0.05) is 0 Å². The molecule has 46 heavy (non-hydrogen) atoms. The van der Waals surface area contributed by atoms with Crippen LogP contribution in [-0.4, -0.2) is 9.52 Å². The van der Waals surface area contributed by atoms with Gasteiger partial charge in [0.05, 0.1) is 20.6 Å². The van der Waals surface area contributed by atoms with E-state index in [0.717, 1.165) is 44.6 Å². The van der Waals surface area contributed by atoms with Gasteiger partial charge in [-0.1, -0.05) is 80.3 Å². The van der Waals surface area contributed by atoms with Crippen LogP contribution in [0.4, 0.5) is 26.3 Å². The topological polar surface area (TPSA) is 0 Å². The third-order valence-electron chi connectivity index (χ3n) is 7.57. The maximum atomic E-state index is 13.4. The largest absolute Gasteiger partial charge is 0.184 e. The van der Waals surface area contributed by atoms with Crippen LogP contribution in [-0.2, 0) is 45.0 Å². The number of alkyl halides is 6. The van der Waals surface area contributed by atoms with Crippen molar-refractivity contribution in [3.05, 3.63) is 113 Å². The zero-order valence-electron chi connectivity index (χ0n) is 25.5. The second kappa shape index (κ2) is 14.9. The quantitative estimate of drug-likeness (QED) is 0.0956. The van der Waals surface area contributed by atoms with Crippen LogP contribution in [0.5, 0.6) is 0 Å². The summed E-state index contributed by atoms with van der Waals surface area (Å²) in [5.41, 5.74) is 2.08. The molecule has 0 aromatic heterocycles. The number of rotatable bonds is 3. The zero-order chi connectivity index (χ0) is 33.9. The minimum absolute atomic E-state index is 0.0581. The van der Waals surface area contributed by atoms with Gasteiger partial charge in [-0.3, -0.25) is 0 Å². The van der Waals surface area contributed by atoms with Crippen LogP contribution < -0.4 is 10.4 Å². The number of fused-ring (bicyclic) bond motifs is 4. The summed E-state index contributed by atoms with van der Waals surface area (Å²) < 4.78 is 80.4. The minimum atomic E-state index is -4.88. The van der Waals surface area contributed by atoms with Gasteiger partial charge in [0.15, 0.2) is 0 Å². The van der Waals surface area contributed by atoms with Crippen molar-refractivity contribution < 1.29 is 47.2 Å². The Balaban J connectivity index is 0.000000245. The number of aryl methyl sites for hydroxylation is 1. The molecule has 5 aromatic carbocycles. The van der Waals surface area contributed by atoms with Gasteiger partial charge in [-0.15, -0.1) is 40.1 Å². The van der Waals surface area contributed by atoms with Crippen molar-refractivity contribution >= 4 is 47.7 Å². The third-order valence-corrected chi connectivity index (χ3v) is 8.94. The predicted octanol–water partition coefficient (Wildman–Crippen LogP) is 11.0. The second-order valence-corrected chi connectivity index (χ2v) is 16.9. The fourth-order valence-electron chi connectivity index (χ4n) is 5.40. The molecule has 6 rings (SSSR count). The molecule has 0 saturated carbocycles. The molecule has 1 heterocycles. The average molecular weight is 767 g/mol. The Hall–Kier alpha value is -2.25. The van der Waals surface area contributed by atoms with Crippen molar-refractivity contribution in [1.82, 2.24) is 0 Å². The molecule has 0 saturated heterocycles. The van der Waals surface area contributed by atoms with E-state index in [1.54, 1.807) is 6.07 Å². The standard InChI is InChI=1S/C24H23F6.C12H7Si.2ClH.Zr/c1-5-6-14-7-8-15-9-17(22(2,3)4)13-20(15)21(14)16-10-18(23(25,26)27)12-19(11-16)24(28,29)30;1-3-7-11-9(5-1)10-6-2-4-8-12(10)13-11;;;/h7-13H,5-6H2,1-4H3;1-7H;2*1H;/q2*-1;;;+4/p-2. The molecule has 0 atom stereocenters. The monoisotopic (exact) mass is 764 g/mol. The van der Waals surface area contributed by atoms with Crippen molar-refractivity contribution in [2.45, 2.75) is 58.3 Å². The minimum Gasteiger partial charge on any atom is -0.184 e. The van der Waals surface area contributed by atoms with E-state index in [0.29, 0.717) is 17.4 Å². The smallest absolute Gasteiger partial charge is 0.0920 e. The maximum absolute atomic E-state index is 13.4. The van der Waals surface area contributed by atoms with Gasteiger partial charge in [-0.2, -0.15) is 61.9 Å². The van der Waals surface area contributed by atoms with Gasteiger partial charge in [-0.05, 0) is 35.6 Å². The first-order chi connectivity index (χ1) is 21.6. The van der Waals surface area contributed by atoms with Gasteiger partial charge >= 0.3 is 50.2 Å². The van der Waals surface area contributed by atoms with E-state index in [1.807, 2.05) is 52.0 Å². The molecule has 0 spiro atoms. The van der Waals surface area contributed by atoms with E-state index in [-0.39, 0.29) is 17.0 Å². The molecule has 0 unspecified atom stereocenters. The summed E-state index contributed by atoms with van der Waals surface area (Å²) in [5, 5.41) is 4.31. The van der Waals surface area contributed by atoms with Crippen molar-refractivity contribution in [2.24, 2.45) is 0 Å². The first-order valence-electron chi connectivity index (χ1n) is 14.4. The van der Waals surface area contributed by atoms with Gasteiger partial charge in [-0.25, -0.2) is 0 Å². The Morgan fingerprint density at radius 1 is 0.804 bits per heavy atom. The molecule has 0 fully saturated rings. The summed E-state index contributed by atoms with van der Waals surface area (Å²) in [6.07, 6.45) is -8.48. The molecule has 0 nitrogen and oxygen atoms in total. The molecular weight excluding hydrogens is 737 g/mol. The van der Waals surface area contributed by atoms with Gasteiger partial charge < -0.3 is 0 Å². The Labute approximate surface area is 287 Å². The molecule has 1 aliphatic rings. The van der Waals surface area contributed by atoms with E-state index >= 15 is 0 Å². The fraction of sp³-hybridized carbons (Fsp3) is 0.250. The van der Waals surface area contributed by atoms with Gasteiger partial charge in [0.25, 0.3) is 0 Å². The van der Waals surface area contributed by atoms with E-state index in [2.05, 4.69) is 42.5 Å². The van der Waals surface area contributed by atoms with Crippen molar-refractivity contribution in [1.29, 1.82) is 0 Å². The molecule has 5 aromatic rings. The van der Waals surface area contributed by atoms with Crippen molar-refractivity contribution in [3.8, 4) is 22.3 Å². The first kappa shape index (κ1) is 36.6. The van der Waals surface area contributed by atoms with Gasteiger partial charge in [0.2, 0.25) is 0 Å². The molecule has 0 aliphatic carbocycles. The number of halogens is 8. The summed E-state index contributed by atoms with van der Waals surface area (Å²) >= 11 is -0.826. The van der Waals surface area contributed by atoms with E-state index < -0.39 is 44.3 Å². The van der Waals surface area contributed by atoms with Crippen LogP contribution in [0.3, 0.4) is 0 Å². The molecule has 2 radical (unpaired) electrons. The summed E-state index contributed by atoms with van der Waals surface area (Å²) in [5.74, 6) is 0. The van der Waals surface area contributed by atoms with Gasteiger partial charge in [0.1, 0.15) is 0 Å². The Bertz CT molecular complexity index is 1730. The van der Waals surface area contributed by atoms with Crippen LogP contribution in [0.2, 0.25) is 0 Å². The van der Waals surface area contributed by atoms with E-state index in [9.17, 15) is 26.3 Å². The maximum Gasteiger partial charge on any atom is 0.0920 e. The van der Waals surface area contributed by atoms with E-state index in [1.165, 1.54) is 21.5 Å². The first-order valence-corrected chi connectivity index (χ1v) is 21.8. The summed E-state index contributed by atoms with van der Waals surface area (Å²) in [7, 11) is 10.7. The SMILES string of the molecule is CCCc1ccc2[cH-]c(C(C)(C)C)cc2c1-c1cc(C(F)(F)F)cc(C(F)(F)F)c1.[Cl][Zr+2][Cl].[c-]1cccc2c1[Si]c1ccccc1-2. The van der Waals surface area contributed by atoms with Crippen molar-refractivity contribution in [2.75, 3.05) is 0 Å². The number of hydrogen-bond acceptors (Lipinski definition) is 0. The molecule has 238 valence electrons. The predicted molar refractivity (Wildman–Crippen MR) is 175 cm³/mol. The zero-order valence-corrected chi connectivity index (χ0v) is 30.5. The van der Waals surface area contributed by atoms with Crippen LogP contribution in [0, 0.1) is 6.07 Å². The second-order valence-electron chi connectivity index (χ2n) is 11.8. The third kappa shape index (κ3) is 8.61. The summed E-state index contributed by atoms with van der Waals surface area (Å²) in [6.45, 7) is 7.96. The molecule has 1 aliphatic heterocycles. The van der Waals surface area contributed by atoms with Crippen LogP contribution in [0.15, 0.2) is 84.9 Å². The van der Waals surface area contributed by atoms with Crippen LogP contribution in [0.25, 0.3) is 33.0 Å². The molecule has 0 N–H and O–H groups in total. The molecule has 10 heteroatoms. The number of benzene rings is 4. The average Bonchev–Trinajstić information content (AvgIpc) is 3.59. The molecule has 0 bridgehead atoms. The summed E-state index contributed by atoms with van der Waals surface area (Å²) in [4.78, 5) is 0. The summed E-state index contributed by atoms with van der Waals surface area (Å²) in [6, 6.07) is 27.5. The number of hydrogen-bond donors (Lipinski definition) is 0. The normalized spacial score (nSPS) is 12.3. The van der Waals surface area contributed by atoms with Crippen molar-refractivity contribution in [3.63, 3.8) is 0 Å². The Morgan fingerprint density at radius 3 is 2.00 bits per heavy atom. The van der Waals surface area contributed by atoms with Crippen LogP contribution >= 0.6 is 17.0 Å². The van der Waals surface area contributed by atoms with Crippen LogP contribution in [0.1, 0.15) is 56.4 Å². The molecular formula is C36H30Cl2F6SiZr. The fourth-order valence-corrected chi connectivity index (χ4v) is 6.71. The Morgan fingerprint density at radius 2 is 1.41 bits per heavy atom. The van der Waals surface area contributed by atoms with E-state index in [4.69, 9.17) is 17.0 Å².